The highest BCUT2D eigenvalue weighted by Crippen LogP contribution is 2.25. The zero-order valence-corrected chi connectivity index (χ0v) is 13.7. The van der Waals surface area contributed by atoms with Crippen LogP contribution in [-0.4, -0.2) is 18.0 Å². The van der Waals surface area contributed by atoms with E-state index in [2.05, 4.69) is 15.8 Å². The zero-order chi connectivity index (χ0) is 16.8. The normalized spacial score (nSPS) is 10.6. The van der Waals surface area contributed by atoms with Crippen LogP contribution in [0.25, 0.3) is 0 Å². The van der Waals surface area contributed by atoms with Gasteiger partial charge in [0.25, 0.3) is 0 Å². The fourth-order valence-electron chi connectivity index (χ4n) is 1.64. The molecule has 0 atom stereocenters. The number of carbonyl (C=O) groups excluding carboxylic acids is 2. The molecule has 2 rings (SSSR count). The number of aryl methyl sites for hydroxylation is 1. The molecular weight excluding hydrogens is 337 g/mol. The molecule has 0 spiro atoms. The average Bonchev–Trinajstić information content (AvgIpc) is 2.52. The number of hydrogen-bond donors (Lipinski definition) is 2. The molecule has 0 bridgehead atoms. The molecule has 0 aliphatic carbocycles. The van der Waals surface area contributed by atoms with Gasteiger partial charge in [-0.3, -0.25) is 9.59 Å². The van der Waals surface area contributed by atoms with Crippen molar-refractivity contribution in [3.05, 3.63) is 63.6 Å². The molecule has 7 heteroatoms. The Morgan fingerprint density at radius 3 is 2.43 bits per heavy atom. The van der Waals surface area contributed by atoms with Crippen LogP contribution in [0.1, 0.15) is 11.1 Å². The molecule has 0 radical (unpaired) electrons. The van der Waals surface area contributed by atoms with Crippen molar-refractivity contribution in [1.29, 1.82) is 0 Å². The molecule has 0 saturated carbocycles. The second kappa shape index (κ2) is 7.76. The van der Waals surface area contributed by atoms with E-state index in [9.17, 15) is 9.59 Å². The Kier molecular flexibility index (Phi) is 5.73. The predicted molar refractivity (Wildman–Crippen MR) is 92.0 cm³/mol. The van der Waals surface area contributed by atoms with Gasteiger partial charge in [-0.05, 0) is 30.7 Å². The van der Waals surface area contributed by atoms with E-state index in [1.165, 1.54) is 18.3 Å². The Morgan fingerprint density at radius 1 is 1.04 bits per heavy atom. The van der Waals surface area contributed by atoms with Gasteiger partial charge in [-0.15, -0.1) is 0 Å². The highest BCUT2D eigenvalue weighted by atomic mass is 35.5. The molecule has 2 amide bonds. The average molecular weight is 350 g/mol. The second-order valence-electron chi connectivity index (χ2n) is 4.69. The summed E-state index contributed by atoms with van der Waals surface area (Å²) in [5, 5.41) is 6.76. The van der Waals surface area contributed by atoms with Crippen molar-refractivity contribution in [3.8, 4) is 0 Å². The van der Waals surface area contributed by atoms with E-state index in [0.717, 1.165) is 11.1 Å². The number of anilines is 1. The Hall–Kier alpha value is -2.37. The van der Waals surface area contributed by atoms with Crippen LogP contribution in [0.5, 0.6) is 0 Å². The van der Waals surface area contributed by atoms with Crippen LogP contribution in [0.4, 0.5) is 5.69 Å². The summed E-state index contributed by atoms with van der Waals surface area (Å²) in [5.74, 6) is -1.81. The summed E-state index contributed by atoms with van der Waals surface area (Å²) in [6.45, 7) is 1.97. The van der Waals surface area contributed by atoms with Gasteiger partial charge in [0.1, 0.15) is 0 Å². The van der Waals surface area contributed by atoms with Crippen molar-refractivity contribution in [3.63, 3.8) is 0 Å². The second-order valence-corrected chi connectivity index (χ2v) is 5.53. The molecule has 0 saturated heterocycles. The highest BCUT2D eigenvalue weighted by molar-refractivity contribution is 6.42. The first-order chi connectivity index (χ1) is 11.0. The SMILES string of the molecule is Cc1ccc(/C=N/NC(=O)C(=O)Nc2cc(Cl)ccc2Cl)cc1. The first-order valence-corrected chi connectivity index (χ1v) is 7.37. The minimum absolute atomic E-state index is 0.252. The van der Waals surface area contributed by atoms with Gasteiger partial charge in [0.05, 0.1) is 16.9 Å². The van der Waals surface area contributed by atoms with Crippen LogP contribution in [0, 0.1) is 6.92 Å². The van der Waals surface area contributed by atoms with Gasteiger partial charge in [0, 0.05) is 5.02 Å². The van der Waals surface area contributed by atoms with E-state index in [1.54, 1.807) is 6.07 Å². The van der Waals surface area contributed by atoms with E-state index in [4.69, 9.17) is 23.2 Å². The molecule has 2 N–H and O–H groups in total. The standard InChI is InChI=1S/C16H13Cl2N3O2/c1-10-2-4-11(5-3-10)9-19-21-16(23)15(22)20-14-8-12(17)6-7-13(14)18/h2-9H,1H3,(H,20,22)(H,21,23)/b19-9+. The topological polar surface area (TPSA) is 70.6 Å². The molecule has 5 nitrogen and oxygen atoms in total. The molecule has 0 aliphatic heterocycles. The van der Waals surface area contributed by atoms with Crippen molar-refractivity contribution in [2.45, 2.75) is 6.92 Å². The lowest BCUT2D eigenvalue weighted by atomic mass is 10.2. The number of hydrogen-bond acceptors (Lipinski definition) is 3. The minimum atomic E-state index is -0.913. The monoisotopic (exact) mass is 349 g/mol. The van der Waals surface area contributed by atoms with E-state index >= 15 is 0 Å². The Labute approximate surface area is 143 Å². The summed E-state index contributed by atoms with van der Waals surface area (Å²) in [6.07, 6.45) is 1.44. The first kappa shape index (κ1) is 17.0. The summed E-state index contributed by atoms with van der Waals surface area (Å²) in [6, 6.07) is 12.1. The lowest BCUT2D eigenvalue weighted by Crippen LogP contribution is -2.32. The number of nitrogens with zero attached hydrogens (tertiary/aromatic N) is 1. The highest BCUT2D eigenvalue weighted by Gasteiger charge is 2.14. The van der Waals surface area contributed by atoms with E-state index < -0.39 is 11.8 Å². The molecule has 2 aromatic rings. The first-order valence-electron chi connectivity index (χ1n) is 6.62. The summed E-state index contributed by atoms with van der Waals surface area (Å²) >= 11 is 11.7. The van der Waals surface area contributed by atoms with Crippen LogP contribution >= 0.6 is 23.2 Å². The number of rotatable bonds is 3. The summed E-state index contributed by atoms with van der Waals surface area (Å²) in [4.78, 5) is 23.4. The third-order valence-corrected chi connectivity index (χ3v) is 3.40. The zero-order valence-electron chi connectivity index (χ0n) is 12.1. The molecule has 2 aromatic carbocycles. The Morgan fingerprint density at radius 2 is 1.74 bits per heavy atom. The van der Waals surface area contributed by atoms with Crippen LogP contribution < -0.4 is 10.7 Å². The third kappa shape index (κ3) is 5.09. The number of benzene rings is 2. The molecule has 0 heterocycles. The lowest BCUT2D eigenvalue weighted by Gasteiger charge is -2.06. The quantitative estimate of drug-likeness (QED) is 0.506. The van der Waals surface area contributed by atoms with Crippen LogP contribution in [-0.2, 0) is 9.59 Å². The maximum absolute atomic E-state index is 11.8. The minimum Gasteiger partial charge on any atom is -0.316 e. The van der Waals surface area contributed by atoms with Crippen molar-refractivity contribution >= 4 is 46.9 Å². The molecule has 0 fully saturated rings. The van der Waals surface area contributed by atoms with Gasteiger partial charge in [-0.25, -0.2) is 5.43 Å². The Bertz CT molecular complexity index is 758. The van der Waals surface area contributed by atoms with E-state index in [0.29, 0.717) is 5.02 Å². The van der Waals surface area contributed by atoms with Gasteiger partial charge < -0.3 is 5.32 Å². The molecule has 0 unspecified atom stereocenters. The largest absolute Gasteiger partial charge is 0.329 e. The number of carbonyl (C=O) groups is 2. The maximum atomic E-state index is 11.8. The molecule has 118 valence electrons. The molecule has 23 heavy (non-hydrogen) atoms. The van der Waals surface area contributed by atoms with Gasteiger partial charge in [0.2, 0.25) is 0 Å². The summed E-state index contributed by atoms with van der Waals surface area (Å²) in [7, 11) is 0. The van der Waals surface area contributed by atoms with Crippen LogP contribution in [0.3, 0.4) is 0 Å². The molecule has 0 aliphatic rings. The number of halogens is 2. The van der Waals surface area contributed by atoms with Gasteiger partial charge in [0.15, 0.2) is 0 Å². The third-order valence-electron chi connectivity index (χ3n) is 2.84. The van der Waals surface area contributed by atoms with Crippen molar-refractivity contribution in [1.82, 2.24) is 5.43 Å². The van der Waals surface area contributed by atoms with Crippen molar-refractivity contribution in [2.24, 2.45) is 5.10 Å². The summed E-state index contributed by atoms with van der Waals surface area (Å²) in [5.41, 5.74) is 4.31. The fourth-order valence-corrected chi connectivity index (χ4v) is 1.98. The fraction of sp³-hybridized carbons (Fsp3) is 0.0625. The van der Waals surface area contributed by atoms with Crippen molar-refractivity contribution in [2.75, 3.05) is 5.32 Å². The smallest absolute Gasteiger partial charge is 0.316 e. The van der Waals surface area contributed by atoms with Gasteiger partial charge in [-0.2, -0.15) is 5.10 Å². The van der Waals surface area contributed by atoms with Crippen LogP contribution in [0.15, 0.2) is 47.6 Å². The number of nitrogens with one attached hydrogen (secondary N) is 2. The maximum Gasteiger partial charge on any atom is 0.329 e. The molecular formula is C16H13Cl2N3O2. The number of hydrazone groups is 1. The summed E-state index contributed by atoms with van der Waals surface area (Å²) < 4.78 is 0. The van der Waals surface area contributed by atoms with Gasteiger partial charge >= 0.3 is 11.8 Å². The molecule has 0 aromatic heterocycles. The number of amides is 2. The van der Waals surface area contributed by atoms with Crippen molar-refractivity contribution < 1.29 is 9.59 Å². The van der Waals surface area contributed by atoms with E-state index in [-0.39, 0.29) is 10.7 Å². The predicted octanol–water partition coefficient (Wildman–Crippen LogP) is 3.39. The van der Waals surface area contributed by atoms with Gasteiger partial charge in [-0.1, -0.05) is 53.0 Å². The van der Waals surface area contributed by atoms with Crippen LogP contribution in [0.2, 0.25) is 10.0 Å². The lowest BCUT2D eigenvalue weighted by molar-refractivity contribution is -0.136. The Balaban J connectivity index is 1.93. The van der Waals surface area contributed by atoms with E-state index in [1.807, 2.05) is 31.2 Å².